The number of nitro benzene ring substituents is 1. The predicted molar refractivity (Wildman–Crippen MR) is 93.2 cm³/mol. The molecule has 24 heavy (non-hydrogen) atoms. The molecule has 0 aliphatic heterocycles. The summed E-state index contributed by atoms with van der Waals surface area (Å²) in [6.45, 7) is -0.143. The van der Waals surface area contributed by atoms with Crippen LogP contribution in [0.3, 0.4) is 0 Å². The van der Waals surface area contributed by atoms with Crippen LogP contribution in [0.2, 0.25) is 5.02 Å². The molecule has 0 heterocycles. The summed E-state index contributed by atoms with van der Waals surface area (Å²) in [7, 11) is -4.03. The lowest BCUT2D eigenvalue weighted by molar-refractivity contribution is -0.388. The van der Waals surface area contributed by atoms with E-state index in [0.29, 0.717) is 0 Å². The zero-order valence-electron chi connectivity index (χ0n) is 12.2. The van der Waals surface area contributed by atoms with E-state index < -0.39 is 14.9 Å². The van der Waals surface area contributed by atoms with Crippen molar-refractivity contribution in [3.05, 3.63) is 57.6 Å². The maximum absolute atomic E-state index is 12.4. The van der Waals surface area contributed by atoms with E-state index in [1.165, 1.54) is 24.3 Å². The molecule has 0 radical (unpaired) electrons. The van der Waals surface area contributed by atoms with Crippen LogP contribution in [0.15, 0.2) is 52.3 Å². The lowest BCUT2D eigenvalue weighted by Gasteiger charge is -2.10. The van der Waals surface area contributed by atoms with Gasteiger partial charge in [0.1, 0.15) is 0 Å². The summed E-state index contributed by atoms with van der Waals surface area (Å²) >= 11 is 6.99. The van der Waals surface area contributed by atoms with Crippen LogP contribution in [0, 0.1) is 10.1 Å². The molecule has 128 valence electrons. The molecular weight excluding hydrogens is 376 g/mol. The van der Waals surface area contributed by atoms with Crippen LogP contribution >= 0.6 is 23.4 Å². The number of nitro groups is 1. The minimum Gasteiger partial charge on any atom is -0.396 e. The van der Waals surface area contributed by atoms with Gasteiger partial charge in [-0.15, -0.1) is 11.8 Å². The average Bonchev–Trinajstić information content (AvgIpc) is 2.54. The average molecular weight is 389 g/mol. The third kappa shape index (κ3) is 4.38. The Balaban J connectivity index is 2.38. The van der Waals surface area contributed by atoms with Crippen LogP contribution in [-0.4, -0.2) is 30.8 Å². The fraction of sp³-hybridized carbons (Fsp3) is 0.143. The van der Waals surface area contributed by atoms with Gasteiger partial charge in [0.2, 0.25) is 0 Å². The van der Waals surface area contributed by atoms with Crippen molar-refractivity contribution in [1.29, 1.82) is 0 Å². The highest BCUT2D eigenvalue weighted by Crippen LogP contribution is 2.32. The smallest absolute Gasteiger partial charge is 0.284 e. The van der Waals surface area contributed by atoms with Crippen LogP contribution in [0.4, 0.5) is 11.4 Å². The maximum Gasteiger partial charge on any atom is 0.284 e. The molecular formula is C14H13ClN2O5S2. The van der Waals surface area contributed by atoms with E-state index in [-0.39, 0.29) is 38.5 Å². The van der Waals surface area contributed by atoms with Crippen molar-refractivity contribution in [2.75, 3.05) is 17.1 Å². The Kier molecular flexibility index (Phi) is 6.05. The zero-order valence-corrected chi connectivity index (χ0v) is 14.6. The minimum atomic E-state index is -4.03. The SMILES string of the molecule is O=[N+]([O-])c1cc(S(=O)(=O)Nc2ccccc2Cl)ccc1SCCO. The molecule has 0 atom stereocenters. The van der Waals surface area contributed by atoms with Crippen molar-refractivity contribution in [1.82, 2.24) is 0 Å². The number of halogens is 1. The van der Waals surface area contributed by atoms with Gasteiger partial charge in [-0.05, 0) is 24.3 Å². The number of anilines is 1. The van der Waals surface area contributed by atoms with Crippen molar-refractivity contribution in [3.63, 3.8) is 0 Å². The van der Waals surface area contributed by atoms with Crippen LogP contribution in [-0.2, 0) is 10.0 Å². The largest absolute Gasteiger partial charge is 0.396 e. The van der Waals surface area contributed by atoms with Crippen molar-refractivity contribution in [3.8, 4) is 0 Å². The number of benzene rings is 2. The Morgan fingerprint density at radius 1 is 1.25 bits per heavy atom. The van der Waals surface area contributed by atoms with Crippen molar-refractivity contribution < 1.29 is 18.4 Å². The van der Waals surface area contributed by atoms with E-state index in [1.54, 1.807) is 12.1 Å². The quantitative estimate of drug-likeness (QED) is 0.428. The van der Waals surface area contributed by atoms with E-state index in [4.69, 9.17) is 16.7 Å². The molecule has 10 heteroatoms. The lowest BCUT2D eigenvalue weighted by atomic mass is 10.3. The van der Waals surface area contributed by atoms with Crippen LogP contribution in [0.1, 0.15) is 0 Å². The summed E-state index contributed by atoms with van der Waals surface area (Å²) in [5, 5.41) is 20.2. The Labute approximate surface area is 147 Å². The van der Waals surface area contributed by atoms with Gasteiger partial charge in [0.25, 0.3) is 15.7 Å². The predicted octanol–water partition coefficient (Wildman–Crippen LogP) is 3.13. The highest BCUT2D eigenvalue weighted by molar-refractivity contribution is 7.99. The summed E-state index contributed by atoms with van der Waals surface area (Å²) in [6, 6.07) is 9.87. The van der Waals surface area contributed by atoms with Crippen molar-refractivity contribution in [2.24, 2.45) is 0 Å². The number of rotatable bonds is 7. The van der Waals surface area contributed by atoms with Crippen LogP contribution < -0.4 is 4.72 Å². The molecule has 0 saturated carbocycles. The fourth-order valence-corrected chi connectivity index (χ4v) is 3.93. The van der Waals surface area contributed by atoms with Gasteiger partial charge in [0.15, 0.2) is 0 Å². The van der Waals surface area contributed by atoms with Gasteiger partial charge < -0.3 is 5.11 Å². The molecule has 0 aromatic heterocycles. The van der Waals surface area contributed by atoms with Crippen LogP contribution in [0.25, 0.3) is 0 Å². The third-order valence-corrected chi connectivity index (χ3v) is 5.64. The second-order valence-corrected chi connectivity index (χ2v) is 7.77. The molecule has 0 amide bonds. The molecule has 0 spiro atoms. The molecule has 2 aromatic rings. The summed E-state index contributed by atoms with van der Waals surface area (Å²) in [5.74, 6) is 0.269. The number of nitrogens with zero attached hydrogens (tertiary/aromatic N) is 1. The first kappa shape index (κ1) is 18.5. The second kappa shape index (κ2) is 7.84. The number of hydrogen-bond donors (Lipinski definition) is 2. The fourth-order valence-electron chi connectivity index (χ4n) is 1.83. The Morgan fingerprint density at radius 2 is 1.96 bits per heavy atom. The molecule has 0 unspecified atom stereocenters. The Morgan fingerprint density at radius 3 is 2.58 bits per heavy atom. The van der Waals surface area contributed by atoms with Gasteiger partial charge in [0, 0.05) is 11.8 Å². The van der Waals surface area contributed by atoms with Gasteiger partial charge in [-0.25, -0.2) is 8.42 Å². The molecule has 2 rings (SSSR count). The number of hydrogen-bond acceptors (Lipinski definition) is 6. The van der Waals surface area contributed by atoms with E-state index in [2.05, 4.69) is 4.72 Å². The molecule has 0 aliphatic carbocycles. The summed E-state index contributed by atoms with van der Waals surface area (Å²) < 4.78 is 27.1. The van der Waals surface area contributed by atoms with Gasteiger partial charge >= 0.3 is 0 Å². The van der Waals surface area contributed by atoms with Gasteiger partial charge in [-0.3, -0.25) is 14.8 Å². The van der Waals surface area contributed by atoms with Crippen molar-refractivity contribution >= 4 is 44.8 Å². The Bertz CT molecular complexity index is 858. The number of para-hydroxylation sites is 1. The number of aliphatic hydroxyl groups excluding tert-OH is 1. The van der Waals surface area contributed by atoms with Gasteiger partial charge in [-0.2, -0.15) is 0 Å². The van der Waals surface area contributed by atoms with E-state index in [0.717, 1.165) is 17.8 Å². The molecule has 0 aliphatic rings. The summed E-state index contributed by atoms with van der Waals surface area (Å²) in [4.78, 5) is 10.5. The van der Waals surface area contributed by atoms with E-state index in [1.807, 2.05) is 0 Å². The first-order chi connectivity index (χ1) is 11.3. The third-order valence-electron chi connectivity index (χ3n) is 2.90. The normalized spacial score (nSPS) is 11.2. The zero-order chi connectivity index (χ0) is 17.7. The number of nitrogens with one attached hydrogen (secondary N) is 1. The van der Waals surface area contributed by atoms with Gasteiger partial charge in [0.05, 0.1) is 32.0 Å². The Hall–Kier alpha value is -1.81. The minimum absolute atomic E-state index is 0.143. The first-order valence-electron chi connectivity index (χ1n) is 6.64. The molecule has 0 saturated heterocycles. The number of thioether (sulfide) groups is 1. The van der Waals surface area contributed by atoms with Gasteiger partial charge in [-0.1, -0.05) is 23.7 Å². The molecule has 0 fully saturated rings. The van der Waals surface area contributed by atoms with E-state index in [9.17, 15) is 18.5 Å². The second-order valence-electron chi connectivity index (χ2n) is 4.54. The topological polar surface area (TPSA) is 110 Å². The molecule has 2 N–H and O–H groups in total. The number of aliphatic hydroxyl groups is 1. The highest BCUT2D eigenvalue weighted by atomic mass is 35.5. The molecule has 0 bridgehead atoms. The molecule has 2 aromatic carbocycles. The standard InChI is InChI=1S/C14H13ClN2O5S2/c15-11-3-1-2-4-12(11)16-24(21,22)10-5-6-14(23-8-7-18)13(9-10)17(19)20/h1-6,9,16,18H,7-8H2. The number of sulfonamides is 1. The maximum atomic E-state index is 12.4. The monoisotopic (exact) mass is 388 g/mol. The van der Waals surface area contributed by atoms with Crippen LogP contribution in [0.5, 0.6) is 0 Å². The summed E-state index contributed by atoms with van der Waals surface area (Å²) in [5.41, 5.74) is -0.156. The molecule has 7 nitrogen and oxygen atoms in total. The lowest BCUT2D eigenvalue weighted by Crippen LogP contribution is -2.13. The summed E-state index contributed by atoms with van der Waals surface area (Å²) in [6.07, 6.45) is 0. The van der Waals surface area contributed by atoms with Crippen molar-refractivity contribution in [2.45, 2.75) is 9.79 Å². The highest BCUT2D eigenvalue weighted by Gasteiger charge is 2.22. The van der Waals surface area contributed by atoms with E-state index >= 15 is 0 Å². The first-order valence-corrected chi connectivity index (χ1v) is 9.49.